The van der Waals surface area contributed by atoms with Gasteiger partial charge in [-0.25, -0.2) is 0 Å². The molecule has 92 heavy (non-hydrogen) atoms. The van der Waals surface area contributed by atoms with E-state index in [0.29, 0.717) is 30.2 Å². The Hall–Kier alpha value is -7.02. The Morgan fingerprint density at radius 2 is 1.10 bits per heavy atom. The van der Waals surface area contributed by atoms with Crippen molar-refractivity contribution in [3.63, 3.8) is 0 Å². The molecule has 0 spiro atoms. The van der Waals surface area contributed by atoms with Crippen LogP contribution in [0.1, 0.15) is 85.6 Å². The van der Waals surface area contributed by atoms with Gasteiger partial charge >= 0.3 is 5.97 Å². The van der Waals surface area contributed by atoms with E-state index in [4.69, 9.17) is 41.9 Å². The summed E-state index contributed by atoms with van der Waals surface area (Å²) in [7, 11) is 0. The fourth-order valence-corrected chi connectivity index (χ4v) is 10.5. The number of carboxylic acids is 1. The molecule has 1 heterocycles. The number of hydrogen-bond donors (Lipinski definition) is 15. The number of primary amides is 1. The lowest BCUT2D eigenvalue weighted by atomic mass is 10.0. The minimum absolute atomic E-state index is 0.0238. The summed E-state index contributed by atoms with van der Waals surface area (Å²) in [5.74, 6) is -11.7. The predicted octanol–water partition coefficient (Wildman–Crippen LogP) is -4.05. The number of carbonyl (C=O) groups excluding carboxylic acids is 11. The molecule has 0 aliphatic carbocycles. The maximum absolute atomic E-state index is 14.7. The van der Waals surface area contributed by atoms with Crippen LogP contribution in [0, 0.1) is 0 Å². The van der Waals surface area contributed by atoms with E-state index in [1.807, 2.05) is 41.5 Å². The van der Waals surface area contributed by atoms with Crippen molar-refractivity contribution < 1.29 is 81.6 Å². The number of amides is 11. The van der Waals surface area contributed by atoms with Crippen molar-refractivity contribution in [2.45, 2.75) is 138 Å². The van der Waals surface area contributed by atoms with Crippen LogP contribution in [0.4, 0.5) is 0 Å². The predicted molar refractivity (Wildman–Crippen MR) is 347 cm³/mol. The summed E-state index contributed by atoms with van der Waals surface area (Å²) in [6.45, 7) is 10.7. The van der Waals surface area contributed by atoms with Gasteiger partial charge in [-0.3, -0.25) is 62.5 Å². The number of rotatable bonds is 33. The second-order valence-electron chi connectivity index (χ2n) is 22.7. The molecular formula is C57H95N15O17S3. The van der Waals surface area contributed by atoms with Crippen molar-refractivity contribution in [1.29, 1.82) is 0 Å². The molecule has 1 fully saturated rings. The molecule has 0 aromatic heterocycles. The molecule has 1 saturated heterocycles. The summed E-state index contributed by atoms with van der Waals surface area (Å²) in [5.41, 5.74) is 22.4. The van der Waals surface area contributed by atoms with Gasteiger partial charge in [0.2, 0.25) is 59.1 Å². The highest BCUT2D eigenvalue weighted by atomic mass is 32.2. The van der Waals surface area contributed by atoms with Crippen LogP contribution in [0.15, 0.2) is 35.3 Å². The standard InChI is InChI=1S/C57H95N15O17S3/c1-56(2,3)91-32-40-51(83)68-36(16-12-18-64-55(60)61)47(79)65-29-43(74)67-39(28-46(77)78)49(81)71-41(33-92-57(4,5)6)52(84)69-38(27-35-13-8-7-9-14-35)50(82)72-54(90-34-45(76)66-37(48(80)70-40)15-10-11-17-58)53(85)63-20-22-87-24-26-88-25-23-86-21-19-62-44(75)31-89-30-42(59)73/h7-9,13-14,36-41,54H,10-12,15-34,58H2,1-6H3,(H2,59,73)(H,62,75)(H,63,85)(H,65,79)(H,66,76)(H,67,74)(H,68,83)(H,69,84)(H,70,80)(H,71,81)(H,72,82)(H,77,78)(H4,60,61,64)/t36-,37-,38-,39-,40-,41-,54-/m0/s1. The lowest BCUT2D eigenvalue weighted by Gasteiger charge is -2.28. The topological polar surface area (TPSA) is 499 Å². The quantitative estimate of drug-likeness (QED) is 0.0181. The first-order chi connectivity index (χ1) is 43.5. The zero-order valence-corrected chi connectivity index (χ0v) is 55.6. The number of carboxylic acid groups (broad SMARTS) is 1. The minimum atomic E-state index is -1.82. The van der Waals surface area contributed by atoms with Crippen LogP contribution in [0.5, 0.6) is 0 Å². The summed E-state index contributed by atoms with van der Waals surface area (Å²) in [6.07, 6.45) is -0.287. The zero-order chi connectivity index (χ0) is 68.7. The summed E-state index contributed by atoms with van der Waals surface area (Å²) in [5, 5.41) is 34.3. The van der Waals surface area contributed by atoms with Gasteiger partial charge in [-0.15, -0.1) is 11.8 Å². The van der Waals surface area contributed by atoms with E-state index in [2.05, 4.69) is 58.2 Å². The average Bonchev–Trinajstić information content (AvgIpc) is 1.52. The summed E-state index contributed by atoms with van der Waals surface area (Å²) < 4.78 is 20.4. The summed E-state index contributed by atoms with van der Waals surface area (Å²) in [6, 6.07) is -0.310. The number of thioether (sulfide) groups is 3. The molecular weight excluding hydrogens is 1260 g/mol. The van der Waals surface area contributed by atoms with E-state index in [-0.39, 0.29) is 122 Å². The van der Waals surface area contributed by atoms with Gasteiger partial charge in [-0.2, -0.15) is 23.5 Å². The third kappa shape index (κ3) is 38.1. The molecule has 11 amide bonds. The number of hydrogen-bond acceptors (Lipinski definition) is 21. The second kappa shape index (κ2) is 44.5. The third-order valence-corrected chi connectivity index (χ3v) is 16.2. The molecule has 0 unspecified atom stereocenters. The Morgan fingerprint density at radius 3 is 1.65 bits per heavy atom. The first-order valence-corrected chi connectivity index (χ1v) is 32.9. The molecule has 0 radical (unpaired) electrons. The molecule has 35 heteroatoms. The Labute approximate surface area is 548 Å². The summed E-state index contributed by atoms with van der Waals surface area (Å²) in [4.78, 5) is 166. The molecule has 1 aromatic carbocycles. The van der Waals surface area contributed by atoms with Gasteiger partial charge in [0.1, 0.15) is 49.5 Å². The van der Waals surface area contributed by atoms with E-state index in [9.17, 15) is 62.6 Å². The van der Waals surface area contributed by atoms with Crippen LogP contribution in [-0.2, 0) is 82.9 Å². The van der Waals surface area contributed by atoms with Gasteiger partial charge in [0.15, 0.2) is 11.3 Å². The number of ether oxygens (including phenoxy) is 4. The minimum Gasteiger partial charge on any atom is -0.481 e. The molecule has 19 N–H and O–H groups in total. The molecule has 0 saturated carbocycles. The van der Waals surface area contributed by atoms with Crippen LogP contribution in [0.3, 0.4) is 0 Å². The highest BCUT2D eigenvalue weighted by Crippen LogP contribution is 2.25. The van der Waals surface area contributed by atoms with Crippen molar-refractivity contribution >= 4 is 112 Å². The Balaban J connectivity index is 2.61. The largest absolute Gasteiger partial charge is 0.481 e. The van der Waals surface area contributed by atoms with Gasteiger partial charge in [0.25, 0.3) is 5.91 Å². The van der Waals surface area contributed by atoms with Crippen molar-refractivity contribution in [3.8, 4) is 0 Å². The second-order valence-corrected chi connectivity index (χ2v) is 27.5. The molecule has 32 nitrogen and oxygen atoms in total. The first kappa shape index (κ1) is 81.1. The van der Waals surface area contributed by atoms with Crippen LogP contribution in [0.2, 0.25) is 0 Å². The number of guanidine groups is 1. The molecule has 1 aromatic rings. The number of benzene rings is 1. The lowest BCUT2D eigenvalue weighted by molar-refractivity contribution is -0.141. The summed E-state index contributed by atoms with van der Waals surface area (Å²) >= 11 is 3.21. The Morgan fingerprint density at radius 1 is 0.598 bits per heavy atom. The number of nitrogens with two attached hydrogens (primary N) is 4. The highest BCUT2D eigenvalue weighted by molar-refractivity contribution is 8.01. The monoisotopic (exact) mass is 1360 g/mol. The number of aliphatic carboxylic acids is 1. The lowest BCUT2D eigenvalue weighted by Crippen LogP contribution is -2.60. The highest BCUT2D eigenvalue weighted by Gasteiger charge is 2.36. The van der Waals surface area contributed by atoms with Gasteiger partial charge in [-0.05, 0) is 44.2 Å². The number of aliphatic imine (C=N–C) groups is 1. The van der Waals surface area contributed by atoms with E-state index in [0.717, 1.165) is 0 Å². The maximum Gasteiger partial charge on any atom is 0.305 e. The van der Waals surface area contributed by atoms with Crippen LogP contribution in [-0.4, -0.2) is 236 Å². The molecule has 7 atom stereocenters. The van der Waals surface area contributed by atoms with Gasteiger partial charge in [0.05, 0.1) is 58.4 Å². The van der Waals surface area contributed by atoms with Crippen molar-refractivity contribution in [2.24, 2.45) is 27.9 Å². The first-order valence-electron chi connectivity index (χ1n) is 29.9. The van der Waals surface area contributed by atoms with Crippen molar-refractivity contribution in [3.05, 3.63) is 35.9 Å². The van der Waals surface area contributed by atoms with Gasteiger partial charge in [-0.1, -0.05) is 71.9 Å². The van der Waals surface area contributed by atoms with E-state index in [1.54, 1.807) is 30.3 Å². The maximum atomic E-state index is 14.7. The SMILES string of the molecule is CC(C)(C)SC[C@@H]1NC(=O)[C@H](CCCCN)NC(=O)CS[C@@H](C(=O)NCCOCCOCCOCCNC(=O)COCC(N)=O)NC(=O)[C@H](Cc2ccccc2)NC(=O)[C@H](CSC(C)(C)C)NC(=O)[C@H](CC(=O)O)NC(=O)CNC(=O)[C@H](CCCN=C(N)N)NC1=O. The Kier molecular flexibility index (Phi) is 39.2. The average molecular weight is 1360 g/mol. The van der Waals surface area contributed by atoms with Crippen LogP contribution >= 0.6 is 35.3 Å². The van der Waals surface area contributed by atoms with Crippen molar-refractivity contribution in [1.82, 2.24) is 53.2 Å². The van der Waals surface area contributed by atoms with E-state index in [1.165, 1.54) is 23.5 Å². The third-order valence-electron chi connectivity index (χ3n) is 12.4. The van der Waals surface area contributed by atoms with Crippen molar-refractivity contribution in [2.75, 3.05) is 103 Å². The molecule has 1 aliphatic rings. The smallest absolute Gasteiger partial charge is 0.305 e. The number of nitrogens with one attached hydrogen (secondary N) is 10. The number of carbonyl (C=O) groups is 12. The van der Waals surface area contributed by atoms with Gasteiger partial charge < -0.3 is 100 Å². The fourth-order valence-electron chi connectivity index (χ4n) is 7.88. The van der Waals surface area contributed by atoms with Crippen LogP contribution < -0.4 is 76.1 Å². The molecule has 1 aliphatic heterocycles. The van der Waals surface area contributed by atoms with E-state index >= 15 is 0 Å². The van der Waals surface area contributed by atoms with E-state index < -0.39 is 141 Å². The molecule has 518 valence electrons. The number of unbranched alkanes of at least 4 members (excludes halogenated alkanes) is 1. The van der Waals surface area contributed by atoms with Gasteiger partial charge in [0, 0.05) is 47.1 Å². The molecule has 0 bridgehead atoms. The normalized spacial score (nSPS) is 20.5. The van der Waals surface area contributed by atoms with Crippen LogP contribution in [0.25, 0.3) is 0 Å². The number of nitrogens with zero attached hydrogens (tertiary/aromatic N) is 1. The zero-order valence-electron chi connectivity index (χ0n) is 53.2. The molecule has 2 rings (SSSR count). The fraction of sp³-hybridized carbons (Fsp3) is 0.667. The Bertz CT molecular complexity index is 2580.